The van der Waals surface area contributed by atoms with E-state index in [4.69, 9.17) is 22.3 Å². The van der Waals surface area contributed by atoms with Crippen LogP contribution in [0.1, 0.15) is 44.0 Å². The molecule has 20 heavy (non-hydrogen) atoms. The molecule has 2 nitrogen and oxygen atoms in total. The fourth-order valence-electron chi connectivity index (χ4n) is 2.88. The van der Waals surface area contributed by atoms with Crippen molar-refractivity contribution in [2.24, 2.45) is 11.7 Å². The Bertz CT molecular complexity index is 582. The van der Waals surface area contributed by atoms with E-state index in [-0.39, 0.29) is 5.54 Å². The zero-order valence-corrected chi connectivity index (χ0v) is 14.0. The number of halogens is 1. The van der Waals surface area contributed by atoms with Gasteiger partial charge in [-0.15, -0.1) is 22.7 Å². The maximum absolute atomic E-state index is 6.62. The maximum Gasteiger partial charge on any atom is 0.113 e. The van der Waals surface area contributed by atoms with Crippen LogP contribution in [0.15, 0.2) is 17.5 Å². The van der Waals surface area contributed by atoms with Crippen LogP contribution >= 0.6 is 34.3 Å². The average molecular weight is 327 g/mol. The number of aromatic nitrogens is 1. The summed E-state index contributed by atoms with van der Waals surface area (Å²) < 4.78 is 0.806. The van der Waals surface area contributed by atoms with Crippen LogP contribution in [-0.2, 0) is 5.54 Å². The van der Waals surface area contributed by atoms with Crippen LogP contribution in [0.3, 0.4) is 0 Å². The number of hydrogen-bond acceptors (Lipinski definition) is 4. The molecule has 0 unspecified atom stereocenters. The molecule has 0 bridgehead atoms. The summed E-state index contributed by atoms with van der Waals surface area (Å²) >= 11 is 9.26. The summed E-state index contributed by atoms with van der Waals surface area (Å²) in [6, 6.07) is 3.95. The van der Waals surface area contributed by atoms with Gasteiger partial charge in [-0.3, -0.25) is 0 Å². The Morgan fingerprint density at radius 1 is 1.40 bits per heavy atom. The molecule has 108 valence electrons. The molecular formula is C15H19ClN2S2. The number of hydrogen-bond donors (Lipinski definition) is 1. The minimum Gasteiger partial charge on any atom is -0.319 e. The lowest BCUT2D eigenvalue weighted by atomic mass is 9.76. The summed E-state index contributed by atoms with van der Waals surface area (Å²) in [6.07, 6.45) is 5.85. The smallest absolute Gasteiger partial charge is 0.113 e. The molecule has 0 radical (unpaired) electrons. The van der Waals surface area contributed by atoms with Crippen LogP contribution in [0.2, 0.25) is 4.34 Å². The standard InChI is InChI=1S/C15H19ClN2S2/c1-2-10-5-7-15(17,8-6-10)14-18-11(9-19-14)12-3-4-13(16)20-12/h3-4,9-10H,2,5-8,17H2,1H3. The van der Waals surface area contributed by atoms with Crippen molar-refractivity contribution in [2.75, 3.05) is 0 Å². The number of nitrogens with two attached hydrogens (primary N) is 1. The van der Waals surface area contributed by atoms with Crippen molar-refractivity contribution in [3.63, 3.8) is 0 Å². The highest BCUT2D eigenvalue weighted by molar-refractivity contribution is 7.19. The Labute approximate surface area is 133 Å². The molecule has 0 spiro atoms. The molecule has 3 rings (SSSR count). The van der Waals surface area contributed by atoms with E-state index in [1.54, 1.807) is 22.7 Å². The maximum atomic E-state index is 6.62. The minimum absolute atomic E-state index is 0.213. The Kier molecular flexibility index (Phi) is 4.18. The Morgan fingerprint density at radius 3 is 2.75 bits per heavy atom. The van der Waals surface area contributed by atoms with E-state index < -0.39 is 0 Å². The molecule has 0 saturated heterocycles. The van der Waals surface area contributed by atoms with Gasteiger partial charge >= 0.3 is 0 Å². The van der Waals surface area contributed by atoms with Gasteiger partial charge in [0, 0.05) is 5.38 Å². The topological polar surface area (TPSA) is 38.9 Å². The fraction of sp³-hybridized carbons (Fsp3) is 0.533. The molecular weight excluding hydrogens is 308 g/mol. The van der Waals surface area contributed by atoms with Crippen molar-refractivity contribution in [2.45, 2.75) is 44.6 Å². The summed E-state index contributed by atoms with van der Waals surface area (Å²) in [5, 5.41) is 3.20. The van der Waals surface area contributed by atoms with Crippen molar-refractivity contribution in [3.8, 4) is 10.6 Å². The quantitative estimate of drug-likeness (QED) is 0.833. The largest absolute Gasteiger partial charge is 0.319 e. The third-order valence-electron chi connectivity index (χ3n) is 4.33. The summed E-state index contributed by atoms with van der Waals surface area (Å²) in [7, 11) is 0. The predicted molar refractivity (Wildman–Crippen MR) is 88.6 cm³/mol. The first kappa shape index (κ1) is 14.5. The second kappa shape index (κ2) is 5.76. The average Bonchev–Trinajstić information content (AvgIpc) is 3.08. The molecule has 0 aromatic carbocycles. The van der Waals surface area contributed by atoms with Gasteiger partial charge < -0.3 is 5.73 Å². The van der Waals surface area contributed by atoms with Gasteiger partial charge in [0.2, 0.25) is 0 Å². The van der Waals surface area contributed by atoms with Gasteiger partial charge in [0.25, 0.3) is 0 Å². The Morgan fingerprint density at radius 2 is 2.15 bits per heavy atom. The molecule has 2 aromatic heterocycles. The van der Waals surface area contributed by atoms with Crippen molar-refractivity contribution in [3.05, 3.63) is 26.9 Å². The first-order chi connectivity index (χ1) is 9.60. The lowest BCUT2D eigenvalue weighted by Crippen LogP contribution is -2.40. The van der Waals surface area contributed by atoms with E-state index in [1.807, 2.05) is 12.1 Å². The first-order valence-corrected chi connectivity index (χ1v) is 9.19. The SMILES string of the molecule is CCC1CCC(N)(c2nc(-c3ccc(Cl)s3)cs2)CC1. The third-order valence-corrected chi connectivity index (χ3v) is 6.65. The molecule has 0 aliphatic heterocycles. The highest BCUT2D eigenvalue weighted by Crippen LogP contribution is 2.41. The van der Waals surface area contributed by atoms with Crippen LogP contribution in [0, 0.1) is 5.92 Å². The second-order valence-electron chi connectivity index (χ2n) is 5.65. The molecule has 2 N–H and O–H groups in total. The van der Waals surface area contributed by atoms with Crippen molar-refractivity contribution >= 4 is 34.3 Å². The molecule has 5 heteroatoms. The van der Waals surface area contributed by atoms with Gasteiger partial charge in [-0.25, -0.2) is 4.98 Å². The van der Waals surface area contributed by atoms with E-state index >= 15 is 0 Å². The Hall–Kier alpha value is -0.420. The number of rotatable bonds is 3. The number of thiophene rings is 1. The van der Waals surface area contributed by atoms with Crippen molar-refractivity contribution in [1.29, 1.82) is 0 Å². The van der Waals surface area contributed by atoms with Crippen LogP contribution < -0.4 is 5.73 Å². The predicted octanol–water partition coefficient (Wildman–Crippen LogP) is 5.28. The molecule has 0 atom stereocenters. The van der Waals surface area contributed by atoms with Crippen molar-refractivity contribution in [1.82, 2.24) is 4.98 Å². The zero-order valence-electron chi connectivity index (χ0n) is 11.6. The fourth-order valence-corrected chi connectivity index (χ4v) is 4.95. The van der Waals surface area contributed by atoms with Crippen molar-refractivity contribution < 1.29 is 0 Å². The molecule has 1 aliphatic carbocycles. The first-order valence-electron chi connectivity index (χ1n) is 7.11. The van der Waals surface area contributed by atoms with Crippen LogP contribution in [-0.4, -0.2) is 4.98 Å². The third kappa shape index (κ3) is 2.80. The van der Waals surface area contributed by atoms with Gasteiger partial charge in [-0.2, -0.15) is 0 Å². The lowest BCUT2D eigenvalue weighted by Gasteiger charge is -2.35. The van der Waals surface area contributed by atoms with E-state index in [2.05, 4.69) is 12.3 Å². The van der Waals surface area contributed by atoms with Gasteiger partial charge in [-0.05, 0) is 43.7 Å². The number of nitrogens with zero attached hydrogens (tertiary/aromatic N) is 1. The molecule has 1 aliphatic rings. The van der Waals surface area contributed by atoms with Gasteiger partial charge in [-0.1, -0.05) is 24.9 Å². The summed E-state index contributed by atoms with van der Waals surface area (Å²) in [5.74, 6) is 0.849. The molecule has 2 aromatic rings. The summed E-state index contributed by atoms with van der Waals surface area (Å²) in [6.45, 7) is 2.27. The lowest BCUT2D eigenvalue weighted by molar-refractivity contribution is 0.231. The van der Waals surface area contributed by atoms with E-state index in [1.165, 1.54) is 19.3 Å². The normalized spacial score (nSPS) is 26.9. The monoisotopic (exact) mass is 326 g/mol. The summed E-state index contributed by atoms with van der Waals surface area (Å²) in [5.41, 5.74) is 7.42. The number of thiazole rings is 1. The highest BCUT2D eigenvalue weighted by atomic mass is 35.5. The van der Waals surface area contributed by atoms with E-state index in [9.17, 15) is 0 Å². The van der Waals surface area contributed by atoms with Crippen LogP contribution in [0.4, 0.5) is 0 Å². The molecule has 1 fully saturated rings. The highest BCUT2D eigenvalue weighted by Gasteiger charge is 2.35. The minimum atomic E-state index is -0.213. The van der Waals surface area contributed by atoms with E-state index in [0.29, 0.717) is 0 Å². The van der Waals surface area contributed by atoms with Gasteiger partial charge in [0.1, 0.15) is 5.01 Å². The van der Waals surface area contributed by atoms with Crippen LogP contribution in [0.5, 0.6) is 0 Å². The van der Waals surface area contributed by atoms with Crippen LogP contribution in [0.25, 0.3) is 10.6 Å². The molecule has 0 amide bonds. The van der Waals surface area contributed by atoms with Gasteiger partial charge in [0.05, 0.1) is 20.4 Å². The molecule has 2 heterocycles. The van der Waals surface area contributed by atoms with E-state index in [0.717, 1.165) is 38.7 Å². The molecule has 1 saturated carbocycles. The summed E-state index contributed by atoms with van der Waals surface area (Å²) in [4.78, 5) is 5.91. The zero-order chi connectivity index (χ0) is 14.2. The Balaban J connectivity index is 1.80. The van der Waals surface area contributed by atoms with Gasteiger partial charge in [0.15, 0.2) is 0 Å². The second-order valence-corrected chi connectivity index (χ2v) is 8.22.